The van der Waals surface area contributed by atoms with E-state index in [9.17, 15) is 13.9 Å². The van der Waals surface area contributed by atoms with Gasteiger partial charge in [-0.25, -0.2) is 8.78 Å². The molecule has 5 rings (SSSR count). The molecule has 2 fully saturated rings. The van der Waals surface area contributed by atoms with Crippen molar-refractivity contribution in [2.24, 2.45) is 5.92 Å². The Hall–Kier alpha value is -3.07. The summed E-state index contributed by atoms with van der Waals surface area (Å²) < 4.78 is 28.9. The first-order valence-electron chi connectivity index (χ1n) is 11.3. The molecule has 9 heteroatoms. The lowest BCUT2D eigenvalue weighted by Crippen LogP contribution is -2.56. The van der Waals surface area contributed by atoms with Crippen LogP contribution in [0.2, 0.25) is 0 Å². The number of fused-ring (bicyclic) bond motifs is 2. The van der Waals surface area contributed by atoms with Gasteiger partial charge in [0.25, 0.3) is 0 Å². The van der Waals surface area contributed by atoms with Gasteiger partial charge in [-0.05, 0) is 75.3 Å². The van der Waals surface area contributed by atoms with E-state index in [1.165, 1.54) is 12.1 Å². The number of alkyl halides is 1. The highest BCUT2D eigenvalue weighted by Crippen LogP contribution is 2.46. The van der Waals surface area contributed by atoms with Crippen LogP contribution in [0.1, 0.15) is 39.5 Å². The molecule has 2 saturated heterocycles. The van der Waals surface area contributed by atoms with Gasteiger partial charge < -0.3 is 15.7 Å². The summed E-state index contributed by atoms with van der Waals surface area (Å²) in [7, 11) is 0. The minimum absolute atomic E-state index is 0.0286. The molecular formula is C24H28F2N6O. The average molecular weight is 455 g/mol. The highest BCUT2D eigenvalue weighted by molar-refractivity contribution is 5.74. The molecule has 4 N–H and O–H groups in total. The second-order valence-electron chi connectivity index (χ2n) is 9.96. The molecule has 4 heterocycles. The largest absolute Gasteiger partial charge is 0.507 e. The van der Waals surface area contributed by atoms with Crippen molar-refractivity contribution in [1.82, 2.24) is 25.7 Å². The van der Waals surface area contributed by atoms with Crippen LogP contribution < -0.4 is 10.6 Å². The van der Waals surface area contributed by atoms with Crippen molar-refractivity contribution in [3.8, 4) is 28.1 Å². The Bertz CT molecular complexity index is 1100. The van der Waals surface area contributed by atoms with Crippen LogP contribution in [0.15, 0.2) is 36.7 Å². The molecule has 3 unspecified atom stereocenters. The lowest BCUT2D eigenvalue weighted by atomic mass is 9.77. The van der Waals surface area contributed by atoms with Crippen LogP contribution >= 0.6 is 0 Å². The molecule has 3 atom stereocenters. The number of aromatic hydroxyl groups is 1. The number of anilines is 1. The Morgan fingerprint density at radius 3 is 2.48 bits per heavy atom. The number of aromatic nitrogens is 4. The van der Waals surface area contributed by atoms with Crippen molar-refractivity contribution >= 4 is 5.82 Å². The molecule has 174 valence electrons. The fraction of sp³-hybridized carbons (Fsp3) is 0.458. The molecule has 0 spiro atoms. The second kappa shape index (κ2) is 8.06. The molecule has 0 saturated carbocycles. The van der Waals surface area contributed by atoms with Gasteiger partial charge in [0.05, 0.1) is 23.5 Å². The van der Waals surface area contributed by atoms with Gasteiger partial charge in [0.2, 0.25) is 0 Å². The summed E-state index contributed by atoms with van der Waals surface area (Å²) in [6.07, 6.45) is 7.16. The molecule has 0 radical (unpaired) electrons. The summed E-state index contributed by atoms with van der Waals surface area (Å²) >= 11 is 0. The van der Waals surface area contributed by atoms with Crippen molar-refractivity contribution in [2.75, 3.05) is 12.0 Å². The highest BCUT2D eigenvalue weighted by atomic mass is 19.1. The van der Waals surface area contributed by atoms with E-state index in [1.807, 2.05) is 0 Å². The summed E-state index contributed by atoms with van der Waals surface area (Å²) in [4.78, 5) is 0. The lowest BCUT2D eigenvalue weighted by Gasteiger charge is -2.44. The zero-order chi connectivity index (χ0) is 23.2. The van der Waals surface area contributed by atoms with Crippen molar-refractivity contribution in [3.05, 3.63) is 42.5 Å². The number of phenols is 1. The van der Waals surface area contributed by atoms with Crippen LogP contribution in [-0.2, 0) is 0 Å². The molecule has 33 heavy (non-hydrogen) atoms. The number of H-pyrrole nitrogens is 1. The van der Waals surface area contributed by atoms with Gasteiger partial charge in [0, 0.05) is 22.8 Å². The number of nitrogens with zero attached hydrogens (tertiary/aromatic N) is 3. The van der Waals surface area contributed by atoms with Crippen molar-refractivity contribution < 1.29 is 13.9 Å². The number of nitrogens with one attached hydrogen (secondary N) is 3. The third kappa shape index (κ3) is 4.17. The number of piperidine rings is 1. The lowest BCUT2D eigenvalue weighted by molar-refractivity contribution is 0.148. The quantitative estimate of drug-likeness (QED) is 0.440. The molecule has 0 aliphatic carbocycles. The van der Waals surface area contributed by atoms with Crippen molar-refractivity contribution in [1.29, 1.82) is 0 Å². The Morgan fingerprint density at radius 2 is 1.91 bits per heavy atom. The fourth-order valence-electron chi connectivity index (χ4n) is 5.66. The van der Waals surface area contributed by atoms with E-state index >= 15 is 0 Å². The van der Waals surface area contributed by atoms with E-state index < -0.39 is 12.5 Å². The predicted octanol–water partition coefficient (Wildman–Crippen LogP) is 4.44. The van der Waals surface area contributed by atoms with Crippen LogP contribution in [0.3, 0.4) is 0 Å². The SMILES string of the molecule is CC12CCC(C)(CC(C(CF)Nc3ccc(-c4c(O)cc(-c5cn[nH]c5)cc4F)nn3)C1)N2. The zero-order valence-electron chi connectivity index (χ0n) is 18.7. The monoisotopic (exact) mass is 454 g/mol. The van der Waals surface area contributed by atoms with Crippen LogP contribution in [0.25, 0.3) is 22.4 Å². The molecule has 3 aromatic rings. The van der Waals surface area contributed by atoms with Gasteiger partial charge in [-0.2, -0.15) is 5.10 Å². The maximum absolute atomic E-state index is 14.8. The zero-order valence-corrected chi connectivity index (χ0v) is 18.7. The molecule has 2 bridgehead atoms. The number of halogens is 2. The molecule has 2 aliphatic rings. The van der Waals surface area contributed by atoms with E-state index in [0.717, 1.165) is 25.7 Å². The molecule has 1 aromatic carbocycles. The summed E-state index contributed by atoms with van der Waals surface area (Å²) in [6, 6.07) is 5.63. The molecule has 2 aromatic heterocycles. The number of hydrogen-bond donors (Lipinski definition) is 4. The Morgan fingerprint density at radius 1 is 1.15 bits per heavy atom. The van der Waals surface area contributed by atoms with Crippen LogP contribution in [0.5, 0.6) is 5.75 Å². The van der Waals surface area contributed by atoms with Crippen molar-refractivity contribution in [2.45, 2.75) is 56.7 Å². The normalized spacial score (nSPS) is 27.5. The van der Waals surface area contributed by atoms with E-state index in [-0.39, 0.29) is 40.0 Å². The minimum Gasteiger partial charge on any atom is -0.507 e. The molecule has 2 aliphatic heterocycles. The first-order valence-corrected chi connectivity index (χ1v) is 11.3. The number of phenolic OH excluding ortho intramolecular Hbond substituents is 1. The standard InChI is InChI=1S/C24H28F2N6O/c1-23-5-6-24(2,32-23)10-15(9-23)19(11-25)29-21-4-3-18(30-31-21)22-17(26)7-14(8-20(22)33)16-12-27-28-13-16/h3-4,7-8,12-13,15,19,32-33H,5-6,9-11H2,1-2H3,(H,27,28)(H,29,31). The predicted molar refractivity (Wildman–Crippen MR) is 122 cm³/mol. The summed E-state index contributed by atoms with van der Waals surface area (Å²) in [5, 5.41) is 32.1. The number of hydrogen-bond acceptors (Lipinski definition) is 6. The van der Waals surface area contributed by atoms with E-state index in [4.69, 9.17) is 0 Å². The summed E-state index contributed by atoms with van der Waals surface area (Å²) in [5.41, 5.74) is 1.41. The van der Waals surface area contributed by atoms with E-state index in [0.29, 0.717) is 16.9 Å². The van der Waals surface area contributed by atoms with E-state index in [1.54, 1.807) is 24.5 Å². The fourth-order valence-corrected chi connectivity index (χ4v) is 5.66. The maximum Gasteiger partial charge on any atom is 0.148 e. The summed E-state index contributed by atoms with van der Waals surface area (Å²) in [6.45, 7) is 3.92. The Balaban J connectivity index is 1.34. The third-order valence-electron chi connectivity index (χ3n) is 7.15. The highest BCUT2D eigenvalue weighted by Gasteiger charge is 2.50. The van der Waals surface area contributed by atoms with Gasteiger partial charge in [0.1, 0.15) is 24.1 Å². The first kappa shape index (κ1) is 21.8. The topological polar surface area (TPSA) is 98.8 Å². The third-order valence-corrected chi connectivity index (χ3v) is 7.15. The second-order valence-corrected chi connectivity index (χ2v) is 9.96. The van der Waals surface area contributed by atoms with Crippen LogP contribution in [0, 0.1) is 11.7 Å². The minimum atomic E-state index is -0.616. The first-order chi connectivity index (χ1) is 15.8. The van der Waals surface area contributed by atoms with Gasteiger partial charge in [0.15, 0.2) is 0 Å². The Labute approximate surface area is 191 Å². The van der Waals surface area contributed by atoms with Gasteiger partial charge in [-0.1, -0.05) is 0 Å². The maximum atomic E-state index is 14.8. The van der Waals surface area contributed by atoms with Gasteiger partial charge >= 0.3 is 0 Å². The van der Waals surface area contributed by atoms with Gasteiger partial charge in [-0.15, -0.1) is 10.2 Å². The van der Waals surface area contributed by atoms with Crippen molar-refractivity contribution in [3.63, 3.8) is 0 Å². The number of aromatic amines is 1. The van der Waals surface area contributed by atoms with E-state index in [2.05, 4.69) is 44.9 Å². The summed E-state index contributed by atoms with van der Waals surface area (Å²) in [5.74, 6) is -0.256. The van der Waals surface area contributed by atoms with Gasteiger partial charge in [-0.3, -0.25) is 5.10 Å². The molecule has 0 amide bonds. The number of rotatable bonds is 6. The molecular weight excluding hydrogens is 426 g/mol. The number of benzene rings is 1. The van der Waals surface area contributed by atoms with Crippen LogP contribution in [-0.4, -0.2) is 49.3 Å². The molecule has 7 nitrogen and oxygen atoms in total. The Kier molecular flexibility index (Phi) is 5.31. The average Bonchev–Trinajstić information content (AvgIpc) is 3.38. The van der Waals surface area contributed by atoms with Crippen LogP contribution in [0.4, 0.5) is 14.6 Å². The smallest absolute Gasteiger partial charge is 0.148 e.